The predicted molar refractivity (Wildman–Crippen MR) is 89.8 cm³/mol. The van der Waals surface area contributed by atoms with Crippen molar-refractivity contribution in [3.8, 4) is 0 Å². The summed E-state index contributed by atoms with van der Waals surface area (Å²) in [6.07, 6.45) is 3.16. The number of nitrogens with zero attached hydrogens (tertiary/aromatic N) is 2. The molecule has 5 heteroatoms. The zero-order valence-corrected chi connectivity index (χ0v) is 13.9. The third-order valence-corrected chi connectivity index (χ3v) is 4.46. The molecule has 124 valence electrons. The first-order valence-electron chi connectivity index (χ1n) is 8.08. The Bertz CT molecular complexity index is 773. The minimum Gasteiger partial charge on any atom is -0.464 e. The molecule has 3 rings (SSSR count). The molecular weight excluding hydrogens is 304 g/mol. The van der Waals surface area contributed by atoms with Gasteiger partial charge in [-0.1, -0.05) is 31.2 Å². The molecule has 1 aliphatic rings. The number of methoxy groups -OCH3 is 1. The monoisotopic (exact) mass is 324 g/mol. The molecule has 5 nitrogen and oxygen atoms in total. The third-order valence-electron chi connectivity index (χ3n) is 4.46. The van der Waals surface area contributed by atoms with Gasteiger partial charge >= 0.3 is 5.97 Å². The Balaban J connectivity index is 1.92. The molecule has 1 aromatic carbocycles. The number of hydrogen-bond acceptors (Lipinski definition) is 4. The number of amides is 1. The van der Waals surface area contributed by atoms with Crippen LogP contribution in [-0.2, 0) is 11.2 Å². The van der Waals surface area contributed by atoms with Gasteiger partial charge in [-0.15, -0.1) is 0 Å². The lowest BCUT2D eigenvalue weighted by Crippen LogP contribution is -2.40. The van der Waals surface area contributed by atoms with Gasteiger partial charge in [0.2, 0.25) is 0 Å². The molecule has 0 saturated heterocycles. The zero-order chi connectivity index (χ0) is 17.1. The number of fused-ring (bicyclic) bond motifs is 1. The van der Waals surface area contributed by atoms with Gasteiger partial charge in [0.1, 0.15) is 5.69 Å². The van der Waals surface area contributed by atoms with Crippen LogP contribution in [0.3, 0.4) is 0 Å². The van der Waals surface area contributed by atoms with Gasteiger partial charge < -0.3 is 9.64 Å². The molecule has 2 aromatic rings. The predicted octanol–water partition coefficient (Wildman–Crippen LogP) is 3.02. The van der Waals surface area contributed by atoms with E-state index in [0.29, 0.717) is 12.1 Å². The van der Waals surface area contributed by atoms with E-state index in [1.165, 1.54) is 30.5 Å². The van der Waals surface area contributed by atoms with Crippen molar-refractivity contribution in [1.29, 1.82) is 0 Å². The molecule has 0 aliphatic carbocycles. The number of esters is 1. The fraction of sp³-hybridized carbons (Fsp3) is 0.316. The van der Waals surface area contributed by atoms with E-state index in [-0.39, 0.29) is 17.6 Å². The van der Waals surface area contributed by atoms with E-state index < -0.39 is 5.97 Å². The summed E-state index contributed by atoms with van der Waals surface area (Å²) >= 11 is 0. The van der Waals surface area contributed by atoms with Crippen molar-refractivity contribution in [2.45, 2.75) is 25.8 Å². The highest BCUT2D eigenvalue weighted by Crippen LogP contribution is 2.33. The van der Waals surface area contributed by atoms with Crippen LogP contribution in [-0.4, -0.2) is 35.4 Å². The van der Waals surface area contributed by atoms with Crippen LogP contribution in [0.1, 0.15) is 51.4 Å². The Morgan fingerprint density at radius 2 is 2.08 bits per heavy atom. The largest absolute Gasteiger partial charge is 0.464 e. The van der Waals surface area contributed by atoms with Crippen LogP contribution in [0, 0.1) is 0 Å². The Morgan fingerprint density at radius 3 is 2.83 bits per heavy atom. The van der Waals surface area contributed by atoms with Crippen LogP contribution in [0.5, 0.6) is 0 Å². The molecule has 0 bridgehead atoms. The normalized spacial score (nSPS) is 16.4. The molecule has 1 amide bonds. The molecule has 0 saturated carbocycles. The van der Waals surface area contributed by atoms with Crippen LogP contribution in [0.25, 0.3) is 0 Å². The summed E-state index contributed by atoms with van der Waals surface area (Å²) < 4.78 is 4.68. The highest BCUT2D eigenvalue weighted by molar-refractivity contribution is 5.97. The summed E-state index contributed by atoms with van der Waals surface area (Å²) in [5, 5.41) is 0. The highest BCUT2D eigenvalue weighted by atomic mass is 16.5. The second kappa shape index (κ2) is 6.83. The molecule has 0 radical (unpaired) electrons. The van der Waals surface area contributed by atoms with Gasteiger partial charge in [0, 0.05) is 18.3 Å². The molecule has 1 aromatic heterocycles. The Labute approximate surface area is 141 Å². The highest BCUT2D eigenvalue weighted by Gasteiger charge is 2.30. The Hall–Kier alpha value is -2.69. The first kappa shape index (κ1) is 16.2. The molecule has 0 fully saturated rings. The molecule has 1 atom stereocenters. The second-order valence-corrected chi connectivity index (χ2v) is 5.79. The maximum atomic E-state index is 13.0. The number of carbonyl (C=O) groups is 2. The summed E-state index contributed by atoms with van der Waals surface area (Å²) in [7, 11) is 1.30. The first-order chi connectivity index (χ1) is 11.7. The van der Waals surface area contributed by atoms with Crippen LogP contribution in [0.15, 0.2) is 42.6 Å². The first-order valence-corrected chi connectivity index (χ1v) is 8.08. The number of hydrogen-bond donors (Lipinski definition) is 0. The van der Waals surface area contributed by atoms with Gasteiger partial charge in [0.25, 0.3) is 5.91 Å². The maximum absolute atomic E-state index is 13.0. The third kappa shape index (κ3) is 2.89. The number of carbonyl (C=O) groups excluding carboxylic acids is 2. The number of ether oxygens (including phenoxy) is 1. The van der Waals surface area contributed by atoms with E-state index in [9.17, 15) is 9.59 Å². The number of aromatic nitrogens is 1. The van der Waals surface area contributed by atoms with Crippen molar-refractivity contribution in [3.63, 3.8) is 0 Å². The topological polar surface area (TPSA) is 59.5 Å². The second-order valence-electron chi connectivity index (χ2n) is 5.79. The maximum Gasteiger partial charge on any atom is 0.356 e. The standard InChI is InChI=1S/C19H20N2O3/c1-3-17-15-7-5-4-6-13(15)9-11-21(17)18(22)14-8-10-20-16(12-14)19(23)24-2/h4-8,10,12,17H,3,9,11H2,1-2H3/t17-/m0/s1. The number of pyridine rings is 1. The van der Waals surface area contributed by atoms with Crippen molar-refractivity contribution in [2.75, 3.05) is 13.7 Å². The van der Waals surface area contributed by atoms with Crippen molar-refractivity contribution >= 4 is 11.9 Å². The average molecular weight is 324 g/mol. The molecule has 0 N–H and O–H groups in total. The molecule has 24 heavy (non-hydrogen) atoms. The quantitative estimate of drug-likeness (QED) is 0.814. The van der Waals surface area contributed by atoms with E-state index in [1.807, 2.05) is 17.0 Å². The summed E-state index contributed by atoms with van der Waals surface area (Å²) in [6, 6.07) is 11.5. The molecule has 1 aliphatic heterocycles. The van der Waals surface area contributed by atoms with Gasteiger partial charge in [-0.05, 0) is 36.1 Å². The summed E-state index contributed by atoms with van der Waals surface area (Å²) in [6.45, 7) is 2.75. The summed E-state index contributed by atoms with van der Waals surface area (Å²) in [5.41, 5.74) is 3.12. The average Bonchev–Trinajstić information content (AvgIpc) is 2.65. The minimum absolute atomic E-state index is 0.0530. The fourth-order valence-electron chi connectivity index (χ4n) is 3.28. The molecular formula is C19H20N2O3. The lowest BCUT2D eigenvalue weighted by Gasteiger charge is -2.37. The van der Waals surface area contributed by atoms with Gasteiger partial charge in [-0.2, -0.15) is 0 Å². The minimum atomic E-state index is -0.541. The Morgan fingerprint density at radius 1 is 1.29 bits per heavy atom. The summed E-state index contributed by atoms with van der Waals surface area (Å²) in [4.78, 5) is 30.5. The molecule has 2 heterocycles. The van der Waals surface area contributed by atoms with E-state index in [0.717, 1.165) is 12.8 Å². The number of benzene rings is 1. The zero-order valence-electron chi connectivity index (χ0n) is 13.9. The van der Waals surface area contributed by atoms with Gasteiger partial charge in [-0.25, -0.2) is 9.78 Å². The molecule has 0 spiro atoms. The van der Waals surface area contributed by atoms with Crippen LogP contribution >= 0.6 is 0 Å². The lowest BCUT2D eigenvalue weighted by molar-refractivity contribution is 0.0594. The van der Waals surface area contributed by atoms with E-state index in [1.54, 1.807) is 6.07 Å². The van der Waals surface area contributed by atoms with Crippen LogP contribution < -0.4 is 0 Å². The van der Waals surface area contributed by atoms with Crippen molar-refractivity contribution in [3.05, 3.63) is 65.0 Å². The van der Waals surface area contributed by atoms with E-state index >= 15 is 0 Å². The van der Waals surface area contributed by atoms with Crippen LogP contribution in [0.2, 0.25) is 0 Å². The van der Waals surface area contributed by atoms with Gasteiger partial charge in [-0.3, -0.25) is 4.79 Å². The van der Waals surface area contributed by atoms with Gasteiger partial charge in [0.05, 0.1) is 13.2 Å². The summed E-state index contributed by atoms with van der Waals surface area (Å²) in [5.74, 6) is -0.621. The van der Waals surface area contributed by atoms with E-state index in [2.05, 4.69) is 28.8 Å². The molecule has 0 unspecified atom stereocenters. The fourth-order valence-corrected chi connectivity index (χ4v) is 3.28. The van der Waals surface area contributed by atoms with Crippen LogP contribution in [0.4, 0.5) is 0 Å². The SMILES string of the molecule is CC[C@H]1c2ccccc2CCN1C(=O)c1ccnc(C(=O)OC)c1. The van der Waals surface area contributed by atoms with Gasteiger partial charge in [0.15, 0.2) is 0 Å². The van der Waals surface area contributed by atoms with Crippen molar-refractivity contribution in [2.24, 2.45) is 0 Å². The lowest BCUT2D eigenvalue weighted by atomic mass is 9.90. The van der Waals surface area contributed by atoms with E-state index in [4.69, 9.17) is 0 Å². The van der Waals surface area contributed by atoms with Crippen molar-refractivity contribution < 1.29 is 14.3 Å². The smallest absolute Gasteiger partial charge is 0.356 e. The Kier molecular flexibility index (Phi) is 4.60. The number of rotatable bonds is 3. The van der Waals surface area contributed by atoms with Crippen molar-refractivity contribution in [1.82, 2.24) is 9.88 Å².